The van der Waals surface area contributed by atoms with Crippen LogP contribution in [0.4, 0.5) is 5.69 Å². The van der Waals surface area contributed by atoms with Gasteiger partial charge in [-0.1, -0.05) is 18.2 Å². The van der Waals surface area contributed by atoms with Gasteiger partial charge < -0.3 is 10.2 Å². The number of nitrogens with one attached hydrogen (secondary N) is 1. The van der Waals surface area contributed by atoms with Crippen LogP contribution in [0.3, 0.4) is 0 Å². The lowest BCUT2D eigenvalue weighted by atomic mass is 10.1. The van der Waals surface area contributed by atoms with Crippen molar-refractivity contribution in [3.05, 3.63) is 34.4 Å². The molecule has 0 saturated carbocycles. The SMILES string of the molecule is Cc1cccc2c(N3CCNCC3)c(Br)cnc12.Cl. The molecule has 1 saturated heterocycles. The van der Waals surface area contributed by atoms with Crippen LogP contribution >= 0.6 is 28.3 Å². The number of hydrogen-bond donors (Lipinski definition) is 1. The number of nitrogens with zero attached hydrogens (tertiary/aromatic N) is 2. The zero-order valence-electron chi connectivity index (χ0n) is 10.8. The van der Waals surface area contributed by atoms with E-state index in [4.69, 9.17) is 0 Å². The lowest BCUT2D eigenvalue weighted by Crippen LogP contribution is -2.43. The van der Waals surface area contributed by atoms with Crippen LogP contribution in [0.1, 0.15) is 5.56 Å². The van der Waals surface area contributed by atoms with Crippen molar-refractivity contribution in [2.24, 2.45) is 0 Å². The molecule has 0 unspecified atom stereocenters. The highest BCUT2D eigenvalue weighted by atomic mass is 79.9. The minimum absolute atomic E-state index is 0. The summed E-state index contributed by atoms with van der Waals surface area (Å²) >= 11 is 3.65. The van der Waals surface area contributed by atoms with Crippen LogP contribution in [0.2, 0.25) is 0 Å². The Balaban J connectivity index is 0.00000133. The Hall–Kier alpha value is -0.840. The molecule has 2 heterocycles. The quantitative estimate of drug-likeness (QED) is 0.863. The van der Waals surface area contributed by atoms with Gasteiger partial charge in [0.2, 0.25) is 0 Å². The first kappa shape index (κ1) is 14.6. The van der Waals surface area contributed by atoms with Gasteiger partial charge in [-0.25, -0.2) is 0 Å². The van der Waals surface area contributed by atoms with Gasteiger partial charge in [-0.3, -0.25) is 4.98 Å². The molecule has 1 aromatic carbocycles. The molecule has 0 atom stereocenters. The molecule has 1 aliphatic rings. The highest BCUT2D eigenvalue weighted by Crippen LogP contribution is 2.34. The molecule has 2 aromatic rings. The maximum Gasteiger partial charge on any atom is 0.0752 e. The Morgan fingerprint density at radius 1 is 1.26 bits per heavy atom. The van der Waals surface area contributed by atoms with Gasteiger partial charge in [-0.2, -0.15) is 0 Å². The molecule has 3 rings (SSSR count). The minimum Gasteiger partial charge on any atom is -0.367 e. The van der Waals surface area contributed by atoms with Gasteiger partial charge in [-0.15, -0.1) is 12.4 Å². The van der Waals surface area contributed by atoms with Crippen molar-refractivity contribution < 1.29 is 0 Å². The Morgan fingerprint density at radius 3 is 2.74 bits per heavy atom. The fourth-order valence-corrected chi connectivity index (χ4v) is 3.11. The summed E-state index contributed by atoms with van der Waals surface area (Å²) in [5.41, 5.74) is 3.62. The highest BCUT2D eigenvalue weighted by Gasteiger charge is 2.17. The smallest absolute Gasteiger partial charge is 0.0752 e. The van der Waals surface area contributed by atoms with E-state index in [1.807, 2.05) is 6.20 Å². The number of aromatic nitrogens is 1. The number of hydrogen-bond acceptors (Lipinski definition) is 3. The van der Waals surface area contributed by atoms with E-state index in [1.54, 1.807) is 0 Å². The van der Waals surface area contributed by atoms with E-state index >= 15 is 0 Å². The molecule has 0 aliphatic carbocycles. The molecule has 102 valence electrons. The van der Waals surface area contributed by atoms with Gasteiger partial charge in [0.05, 0.1) is 15.7 Å². The van der Waals surface area contributed by atoms with E-state index in [1.165, 1.54) is 16.6 Å². The van der Waals surface area contributed by atoms with Crippen molar-refractivity contribution in [1.29, 1.82) is 0 Å². The van der Waals surface area contributed by atoms with Gasteiger partial charge in [0, 0.05) is 37.8 Å². The average Bonchev–Trinajstić information content (AvgIpc) is 2.40. The minimum atomic E-state index is 0. The second-order valence-corrected chi connectivity index (χ2v) is 5.52. The number of halogens is 2. The second kappa shape index (κ2) is 6.07. The molecule has 1 aromatic heterocycles. The predicted molar refractivity (Wildman–Crippen MR) is 86.5 cm³/mol. The van der Waals surface area contributed by atoms with Crippen molar-refractivity contribution in [3.8, 4) is 0 Å². The van der Waals surface area contributed by atoms with Gasteiger partial charge in [0.15, 0.2) is 0 Å². The number of pyridine rings is 1. The van der Waals surface area contributed by atoms with E-state index in [9.17, 15) is 0 Å². The zero-order chi connectivity index (χ0) is 12.5. The summed E-state index contributed by atoms with van der Waals surface area (Å²) in [5, 5.41) is 4.63. The van der Waals surface area contributed by atoms with Crippen LogP contribution in [-0.4, -0.2) is 31.2 Å². The monoisotopic (exact) mass is 341 g/mol. The van der Waals surface area contributed by atoms with Gasteiger partial charge in [0.1, 0.15) is 0 Å². The van der Waals surface area contributed by atoms with E-state index in [0.717, 1.165) is 36.2 Å². The zero-order valence-corrected chi connectivity index (χ0v) is 13.2. The summed E-state index contributed by atoms with van der Waals surface area (Å²) in [5.74, 6) is 0. The van der Waals surface area contributed by atoms with Crippen molar-refractivity contribution in [3.63, 3.8) is 0 Å². The van der Waals surface area contributed by atoms with Crippen LogP contribution in [0.5, 0.6) is 0 Å². The lowest BCUT2D eigenvalue weighted by Gasteiger charge is -2.31. The van der Waals surface area contributed by atoms with E-state index in [-0.39, 0.29) is 12.4 Å². The van der Waals surface area contributed by atoms with E-state index in [0.29, 0.717) is 0 Å². The molecular formula is C14H17BrClN3. The van der Waals surface area contributed by atoms with Crippen LogP contribution in [-0.2, 0) is 0 Å². The molecule has 0 bridgehead atoms. The summed E-state index contributed by atoms with van der Waals surface area (Å²) in [6.45, 7) is 6.30. The Bertz CT molecular complexity index is 582. The number of para-hydroxylation sites is 1. The fourth-order valence-electron chi connectivity index (χ4n) is 2.54. The maximum absolute atomic E-state index is 4.55. The molecule has 1 N–H and O–H groups in total. The summed E-state index contributed by atoms with van der Waals surface area (Å²) in [6.07, 6.45) is 1.92. The standard InChI is InChI=1S/C14H16BrN3.ClH/c1-10-3-2-4-11-13(10)17-9-12(15)14(11)18-7-5-16-6-8-18;/h2-4,9,16H,5-8H2,1H3;1H. The van der Waals surface area contributed by atoms with Crippen molar-refractivity contribution >= 4 is 44.9 Å². The molecule has 1 fully saturated rings. The number of aryl methyl sites for hydroxylation is 1. The van der Waals surface area contributed by atoms with Gasteiger partial charge in [0.25, 0.3) is 0 Å². The van der Waals surface area contributed by atoms with E-state index in [2.05, 4.69) is 56.3 Å². The summed E-state index contributed by atoms with van der Waals surface area (Å²) in [7, 11) is 0. The third-order valence-corrected chi connectivity index (χ3v) is 4.04. The van der Waals surface area contributed by atoms with Gasteiger partial charge >= 0.3 is 0 Å². The molecule has 19 heavy (non-hydrogen) atoms. The highest BCUT2D eigenvalue weighted by molar-refractivity contribution is 9.10. The Morgan fingerprint density at radius 2 is 2.00 bits per heavy atom. The normalized spacial score (nSPS) is 15.4. The maximum atomic E-state index is 4.55. The third kappa shape index (κ3) is 2.71. The molecule has 1 aliphatic heterocycles. The summed E-state index contributed by atoms with van der Waals surface area (Å²) in [6, 6.07) is 6.39. The van der Waals surface area contributed by atoms with Crippen LogP contribution < -0.4 is 10.2 Å². The predicted octanol–water partition coefficient (Wildman–Crippen LogP) is 3.14. The number of rotatable bonds is 1. The summed E-state index contributed by atoms with van der Waals surface area (Å²) in [4.78, 5) is 6.98. The summed E-state index contributed by atoms with van der Waals surface area (Å²) < 4.78 is 1.09. The van der Waals surface area contributed by atoms with Crippen molar-refractivity contribution in [2.45, 2.75) is 6.92 Å². The van der Waals surface area contributed by atoms with Crippen LogP contribution in [0.15, 0.2) is 28.9 Å². The van der Waals surface area contributed by atoms with Crippen LogP contribution in [0.25, 0.3) is 10.9 Å². The third-order valence-electron chi connectivity index (χ3n) is 3.46. The number of fused-ring (bicyclic) bond motifs is 1. The van der Waals surface area contributed by atoms with Crippen molar-refractivity contribution in [1.82, 2.24) is 10.3 Å². The molecular weight excluding hydrogens is 326 g/mol. The Labute approximate surface area is 127 Å². The first-order valence-electron chi connectivity index (χ1n) is 6.27. The molecule has 3 nitrogen and oxygen atoms in total. The van der Waals surface area contributed by atoms with Crippen LogP contribution in [0, 0.1) is 6.92 Å². The number of benzene rings is 1. The number of piperazine rings is 1. The van der Waals surface area contributed by atoms with Gasteiger partial charge in [-0.05, 0) is 28.4 Å². The molecule has 0 spiro atoms. The second-order valence-electron chi connectivity index (χ2n) is 4.66. The molecule has 5 heteroatoms. The first-order chi connectivity index (χ1) is 8.77. The Kier molecular flexibility index (Phi) is 4.66. The lowest BCUT2D eigenvalue weighted by molar-refractivity contribution is 0.589. The van der Waals surface area contributed by atoms with Crippen molar-refractivity contribution in [2.75, 3.05) is 31.1 Å². The average molecular weight is 343 g/mol. The largest absolute Gasteiger partial charge is 0.367 e. The first-order valence-corrected chi connectivity index (χ1v) is 7.06. The molecule has 0 radical (unpaired) electrons. The van der Waals surface area contributed by atoms with E-state index < -0.39 is 0 Å². The number of anilines is 1. The molecule has 0 amide bonds. The fraction of sp³-hybridized carbons (Fsp3) is 0.357. The topological polar surface area (TPSA) is 28.2 Å².